The number of ether oxygens (including phenoxy) is 3. The summed E-state index contributed by atoms with van der Waals surface area (Å²) >= 11 is 0. The SMILES string of the molecule is COc1cc(C)c(S(=O)(=O)NC[C@@H]2COc3ccccc3O2)cc1C(C)C. The first kappa shape index (κ1) is 19.5. The Morgan fingerprint density at radius 3 is 2.59 bits per heavy atom. The number of benzene rings is 2. The zero-order valence-electron chi connectivity index (χ0n) is 16.0. The van der Waals surface area contributed by atoms with Crippen molar-refractivity contribution in [3.63, 3.8) is 0 Å². The van der Waals surface area contributed by atoms with Crippen molar-refractivity contribution in [1.82, 2.24) is 4.72 Å². The largest absolute Gasteiger partial charge is 0.496 e. The molecular weight excluding hydrogens is 366 g/mol. The topological polar surface area (TPSA) is 73.9 Å². The average Bonchev–Trinajstić information content (AvgIpc) is 2.65. The van der Waals surface area contributed by atoms with E-state index in [1.807, 2.05) is 32.0 Å². The van der Waals surface area contributed by atoms with Crippen LogP contribution in [0, 0.1) is 6.92 Å². The van der Waals surface area contributed by atoms with Gasteiger partial charge in [0.05, 0.1) is 18.6 Å². The van der Waals surface area contributed by atoms with Crippen LogP contribution in [0.5, 0.6) is 17.2 Å². The molecule has 3 rings (SSSR count). The number of hydrogen-bond donors (Lipinski definition) is 1. The quantitative estimate of drug-likeness (QED) is 0.818. The molecule has 0 aliphatic carbocycles. The maximum Gasteiger partial charge on any atom is 0.240 e. The van der Waals surface area contributed by atoms with Gasteiger partial charge in [-0.1, -0.05) is 26.0 Å². The first-order chi connectivity index (χ1) is 12.8. The van der Waals surface area contributed by atoms with E-state index in [2.05, 4.69) is 4.72 Å². The Hall–Kier alpha value is -2.25. The van der Waals surface area contributed by atoms with Crippen molar-refractivity contribution < 1.29 is 22.6 Å². The van der Waals surface area contributed by atoms with Gasteiger partial charge in [0.25, 0.3) is 0 Å². The van der Waals surface area contributed by atoms with Crippen molar-refractivity contribution in [2.75, 3.05) is 20.3 Å². The van der Waals surface area contributed by atoms with E-state index in [1.54, 1.807) is 32.2 Å². The summed E-state index contributed by atoms with van der Waals surface area (Å²) in [4.78, 5) is 0.254. The highest BCUT2D eigenvalue weighted by Gasteiger charge is 2.25. The molecule has 1 aliphatic rings. The Balaban J connectivity index is 1.77. The van der Waals surface area contributed by atoms with Gasteiger partial charge in [-0.3, -0.25) is 0 Å². The maximum atomic E-state index is 12.9. The van der Waals surface area contributed by atoms with E-state index in [0.29, 0.717) is 29.4 Å². The van der Waals surface area contributed by atoms with Gasteiger partial charge in [0.15, 0.2) is 11.5 Å². The van der Waals surface area contributed by atoms with E-state index in [4.69, 9.17) is 14.2 Å². The molecule has 1 N–H and O–H groups in total. The molecular formula is C20H25NO5S. The molecule has 6 nitrogen and oxygen atoms in total. The third-order valence-corrected chi connectivity index (χ3v) is 6.07. The lowest BCUT2D eigenvalue weighted by molar-refractivity contribution is 0.0943. The molecule has 27 heavy (non-hydrogen) atoms. The second kappa shape index (κ2) is 7.78. The fourth-order valence-corrected chi connectivity index (χ4v) is 4.36. The van der Waals surface area contributed by atoms with E-state index in [-0.39, 0.29) is 17.4 Å². The van der Waals surface area contributed by atoms with E-state index in [0.717, 1.165) is 5.56 Å². The zero-order chi connectivity index (χ0) is 19.6. The molecule has 0 amide bonds. The molecule has 0 bridgehead atoms. The molecule has 1 atom stereocenters. The van der Waals surface area contributed by atoms with Crippen molar-refractivity contribution >= 4 is 10.0 Å². The molecule has 1 heterocycles. The van der Waals surface area contributed by atoms with Crippen LogP contribution in [0.4, 0.5) is 0 Å². The molecule has 0 unspecified atom stereocenters. The zero-order valence-corrected chi connectivity index (χ0v) is 16.8. The number of rotatable bonds is 6. The number of fused-ring (bicyclic) bond motifs is 1. The van der Waals surface area contributed by atoms with Gasteiger partial charge in [0.1, 0.15) is 18.5 Å². The first-order valence-electron chi connectivity index (χ1n) is 8.88. The molecule has 0 fully saturated rings. The minimum atomic E-state index is -3.69. The predicted octanol–water partition coefficient (Wildman–Crippen LogP) is 3.25. The predicted molar refractivity (Wildman–Crippen MR) is 103 cm³/mol. The number of sulfonamides is 1. The standard InChI is InChI=1S/C20H25NO5S/c1-13(2)16-10-20(14(3)9-19(16)24-4)27(22,23)21-11-15-12-25-17-7-5-6-8-18(17)26-15/h5-10,13,15,21H,11-12H2,1-4H3/t15-/m1/s1. The summed E-state index contributed by atoms with van der Waals surface area (Å²) in [7, 11) is -2.10. The molecule has 2 aromatic rings. The number of nitrogens with one attached hydrogen (secondary N) is 1. The summed E-state index contributed by atoms with van der Waals surface area (Å²) in [6.07, 6.45) is -0.391. The highest BCUT2D eigenvalue weighted by molar-refractivity contribution is 7.89. The molecule has 0 saturated carbocycles. The second-order valence-corrected chi connectivity index (χ2v) is 8.60. The molecule has 7 heteroatoms. The maximum absolute atomic E-state index is 12.9. The van der Waals surface area contributed by atoms with E-state index < -0.39 is 16.1 Å². The number of aryl methyl sites for hydroxylation is 1. The van der Waals surface area contributed by atoms with Crippen molar-refractivity contribution in [3.05, 3.63) is 47.5 Å². The lowest BCUT2D eigenvalue weighted by atomic mass is 10.0. The minimum absolute atomic E-state index is 0.124. The highest BCUT2D eigenvalue weighted by atomic mass is 32.2. The summed E-state index contributed by atoms with van der Waals surface area (Å²) in [5.41, 5.74) is 1.49. The Bertz CT molecular complexity index is 924. The molecule has 0 aromatic heterocycles. The number of hydrogen-bond acceptors (Lipinski definition) is 5. The van der Waals surface area contributed by atoms with Crippen LogP contribution < -0.4 is 18.9 Å². The lowest BCUT2D eigenvalue weighted by Gasteiger charge is -2.26. The summed E-state index contributed by atoms with van der Waals surface area (Å²) in [6, 6.07) is 10.8. The lowest BCUT2D eigenvalue weighted by Crippen LogP contribution is -2.40. The fraction of sp³-hybridized carbons (Fsp3) is 0.400. The van der Waals surface area contributed by atoms with Crippen LogP contribution >= 0.6 is 0 Å². The van der Waals surface area contributed by atoms with E-state index in [9.17, 15) is 8.42 Å². The average molecular weight is 391 g/mol. The van der Waals surface area contributed by atoms with Gasteiger partial charge in [-0.05, 0) is 48.2 Å². The fourth-order valence-electron chi connectivity index (χ4n) is 3.04. The van der Waals surface area contributed by atoms with Crippen LogP contribution in [0.2, 0.25) is 0 Å². The van der Waals surface area contributed by atoms with Gasteiger partial charge < -0.3 is 14.2 Å². The van der Waals surface area contributed by atoms with Crippen LogP contribution in [0.1, 0.15) is 30.9 Å². The number of methoxy groups -OCH3 is 1. The minimum Gasteiger partial charge on any atom is -0.496 e. The molecule has 0 spiro atoms. The van der Waals surface area contributed by atoms with E-state index >= 15 is 0 Å². The molecule has 2 aromatic carbocycles. The van der Waals surface area contributed by atoms with Gasteiger partial charge in [-0.15, -0.1) is 0 Å². The third-order valence-electron chi connectivity index (χ3n) is 4.51. The summed E-state index contributed by atoms with van der Waals surface area (Å²) < 4.78 is 45.2. The second-order valence-electron chi connectivity index (χ2n) is 6.86. The monoisotopic (exact) mass is 391 g/mol. The highest BCUT2D eigenvalue weighted by Crippen LogP contribution is 2.32. The van der Waals surface area contributed by atoms with Crippen molar-refractivity contribution in [3.8, 4) is 17.2 Å². The van der Waals surface area contributed by atoms with E-state index in [1.165, 1.54) is 0 Å². The van der Waals surface area contributed by atoms with Crippen molar-refractivity contribution in [2.45, 2.75) is 37.7 Å². The smallest absolute Gasteiger partial charge is 0.240 e. The number of para-hydroxylation sites is 2. The molecule has 0 saturated heterocycles. The van der Waals surface area contributed by atoms with Gasteiger partial charge in [0.2, 0.25) is 10.0 Å². The molecule has 146 valence electrons. The summed E-state index contributed by atoms with van der Waals surface area (Å²) in [6.45, 7) is 6.18. The Kier molecular flexibility index (Phi) is 5.62. The van der Waals surface area contributed by atoms with Crippen LogP contribution in [0.15, 0.2) is 41.3 Å². The van der Waals surface area contributed by atoms with Crippen molar-refractivity contribution in [2.24, 2.45) is 0 Å². The van der Waals surface area contributed by atoms with Crippen LogP contribution in [0.3, 0.4) is 0 Å². The van der Waals surface area contributed by atoms with Gasteiger partial charge in [-0.2, -0.15) is 0 Å². The summed E-state index contributed by atoms with van der Waals surface area (Å²) in [5, 5.41) is 0. The Morgan fingerprint density at radius 1 is 1.22 bits per heavy atom. The molecule has 0 radical (unpaired) electrons. The van der Waals surface area contributed by atoms with Crippen LogP contribution in [-0.2, 0) is 10.0 Å². The first-order valence-corrected chi connectivity index (χ1v) is 10.4. The third kappa shape index (κ3) is 4.20. The molecule has 1 aliphatic heterocycles. The Morgan fingerprint density at radius 2 is 1.93 bits per heavy atom. The van der Waals surface area contributed by atoms with Gasteiger partial charge in [-0.25, -0.2) is 13.1 Å². The normalized spacial score (nSPS) is 16.4. The van der Waals surface area contributed by atoms with Crippen LogP contribution in [-0.4, -0.2) is 34.8 Å². The van der Waals surface area contributed by atoms with Crippen molar-refractivity contribution in [1.29, 1.82) is 0 Å². The Labute approximate surface area is 160 Å². The summed E-state index contributed by atoms with van der Waals surface area (Å²) in [5.74, 6) is 2.13. The van der Waals surface area contributed by atoms with Gasteiger partial charge in [0, 0.05) is 0 Å². The van der Waals surface area contributed by atoms with Gasteiger partial charge >= 0.3 is 0 Å². The van der Waals surface area contributed by atoms with Crippen LogP contribution in [0.25, 0.3) is 0 Å².